The Hall–Kier alpha value is -3.94. The van der Waals surface area contributed by atoms with Crippen molar-refractivity contribution in [2.24, 2.45) is 0 Å². The van der Waals surface area contributed by atoms with Gasteiger partial charge in [-0.3, -0.25) is 9.59 Å². The summed E-state index contributed by atoms with van der Waals surface area (Å²) in [4.78, 5) is 32.3. The van der Waals surface area contributed by atoms with Crippen LogP contribution in [0.5, 0.6) is 11.5 Å². The van der Waals surface area contributed by atoms with E-state index in [1.807, 2.05) is 0 Å². The summed E-state index contributed by atoms with van der Waals surface area (Å²) in [5.74, 6) is 0.978. The number of carbonyl (C=O) groups is 2. The lowest BCUT2D eigenvalue weighted by Crippen LogP contribution is -2.14. The predicted molar refractivity (Wildman–Crippen MR) is 109 cm³/mol. The molecule has 1 aromatic heterocycles. The molecule has 148 valence electrons. The molecule has 2 N–H and O–H groups in total. The van der Waals surface area contributed by atoms with E-state index in [0.29, 0.717) is 34.4 Å². The smallest absolute Gasteiger partial charge is 0.258 e. The zero-order valence-electron chi connectivity index (χ0n) is 16.2. The SMILES string of the molecule is COc1ccc(OC)c(NC(=O)c2cnc(Nc3cccc(C(C)=O)c3)nc2)c1. The second-order valence-electron chi connectivity index (χ2n) is 6.08. The van der Waals surface area contributed by atoms with Crippen LogP contribution in [0.15, 0.2) is 54.9 Å². The number of rotatable bonds is 7. The van der Waals surface area contributed by atoms with E-state index in [4.69, 9.17) is 9.47 Å². The molecule has 1 amide bonds. The molecule has 0 aliphatic rings. The van der Waals surface area contributed by atoms with Crippen LogP contribution >= 0.6 is 0 Å². The Morgan fingerprint density at radius 1 is 0.931 bits per heavy atom. The number of aromatic nitrogens is 2. The lowest BCUT2D eigenvalue weighted by Gasteiger charge is -2.12. The maximum absolute atomic E-state index is 12.5. The van der Waals surface area contributed by atoms with Crippen LogP contribution < -0.4 is 20.1 Å². The summed E-state index contributed by atoms with van der Waals surface area (Å²) in [6.45, 7) is 1.50. The molecule has 0 fully saturated rings. The van der Waals surface area contributed by atoms with Crippen molar-refractivity contribution in [2.45, 2.75) is 6.92 Å². The predicted octanol–water partition coefficient (Wildman–Crippen LogP) is 3.69. The number of ketones is 1. The van der Waals surface area contributed by atoms with Gasteiger partial charge in [0, 0.05) is 29.7 Å². The number of ether oxygens (including phenoxy) is 2. The van der Waals surface area contributed by atoms with Crippen LogP contribution in [-0.4, -0.2) is 35.9 Å². The van der Waals surface area contributed by atoms with Crippen LogP contribution in [0, 0.1) is 0 Å². The summed E-state index contributed by atoms with van der Waals surface area (Å²) in [6.07, 6.45) is 2.82. The molecule has 0 saturated carbocycles. The molecule has 29 heavy (non-hydrogen) atoms. The molecule has 0 radical (unpaired) electrons. The molecular formula is C21H20N4O4. The first-order chi connectivity index (χ1) is 14.0. The number of anilines is 3. The van der Waals surface area contributed by atoms with Gasteiger partial charge in [-0.15, -0.1) is 0 Å². The first kappa shape index (κ1) is 19.8. The Morgan fingerprint density at radius 3 is 2.34 bits per heavy atom. The summed E-state index contributed by atoms with van der Waals surface area (Å²) in [6, 6.07) is 12.1. The quantitative estimate of drug-likeness (QED) is 0.591. The molecule has 0 atom stereocenters. The van der Waals surface area contributed by atoms with Gasteiger partial charge in [0.05, 0.1) is 25.5 Å². The highest BCUT2D eigenvalue weighted by Gasteiger charge is 2.12. The van der Waals surface area contributed by atoms with Crippen LogP contribution in [0.3, 0.4) is 0 Å². The van der Waals surface area contributed by atoms with E-state index in [-0.39, 0.29) is 17.3 Å². The van der Waals surface area contributed by atoms with Gasteiger partial charge < -0.3 is 20.1 Å². The van der Waals surface area contributed by atoms with Gasteiger partial charge in [0.15, 0.2) is 5.78 Å². The molecule has 3 rings (SSSR count). The standard InChI is InChI=1S/C21H20N4O4/c1-13(26)14-5-4-6-16(9-14)24-21-22-11-15(12-23-21)20(27)25-18-10-17(28-2)7-8-19(18)29-3/h4-12H,1-3H3,(H,25,27)(H,22,23,24). The first-order valence-corrected chi connectivity index (χ1v) is 8.73. The van der Waals surface area contributed by atoms with Gasteiger partial charge in [0.1, 0.15) is 11.5 Å². The third-order valence-electron chi connectivity index (χ3n) is 4.09. The molecule has 8 nitrogen and oxygen atoms in total. The number of hydrogen-bond acceptors (Lipinski definition) is 7. The van der Waals surface area contributed by atoms with Gasteiger partial charge >= 0.3 is 0 Å². The molecule has 0 spiro atoms. The van der Waals surface area contributed by atoms with Gasteiger partial charge in [-0.1, -0.05) is 12.1 Å². The second-order valence-corrected chi connectivity index (χ2v) is 6.08. The highest BCUT2D eigenvalue weighted by atomic mass is 16.5. The van der Waals surface area contributed by atoms with Crippen molar-refractivity contribution in [1.29, 1.82) is 0 Å². The molecule has 2 aromatic carbocycles. The van der Waals surface area contributed by atoms with Gasteiger partial charge in [-0.25, -0.2) is 9.97 Å². The zero-order valence-corrected chi connectivity index (χ0v) is 16.2. The van der Waals surface area contributed by atoms with Crippen LogP contribution in [0.25, 0.3) is 0 Å². The number of nitrogens with zero attached hydrogens (tertiary/aromatic N) is 2. The van der Waals surface area contributed by atoms with E-state index in [1.54, 1.807) is 49.6 Å². The molecule has 0 aliphatic carbocycles. The van der Waals surface area contributed by atoms with Crippen molar-refractivity contribution >= 4 is 29.0 Å². The van der Waals surface area contributed by atoms with Crippen molar-refractivity contribution in [2.75, 3.05) is 24.9 Å². The number of methoxy groups -OCH3 is 2. The van der Waals surface area contributed by atoms with Crippen molar-refractivity contribution in [3.05, 3.63) is 66.0 Å². The van der Waals surface area contributed by atoms with Gasteiger partial charge in [-0.05, 0) is 31.2 Å². The summed E-state index contributed by atoms with van der Waals surface area (Å²) in [5.41, 5.74) is 2.01. The molecule has 0 saturated heterocycles. The molecule has 0 unspecified atom stereocenters. The number of carbonyl (C=O) groups excluding carboxylic acids is 2. The number of benzene rings is 2. The molecule has 0 aliphatic heterocycles. The normalized spacial score (nSPS) is 10.2. The maximum Gasteiger partial charge on any atom is 0.258 e. The van der Waals surface area contributed by atoms with Gasteiger partial charge in [0.2, 0.25) is 5.95 Å². The fourth-order valence-electron chi connectivity index (χ4n) is 2.56. The minimum Gasteiger partial charge on any atom is -0.497 e. The third-order valence-corrected chi connectivity index (χ3v) is 4.09. The highest BCUT2D eigenvalue weighted by Crippen LogP contribution is 2.29. The molecule has 1 heterocycles. The van der Waals surface area contributed by atoms with E-state index in [1.165, 1.54) is 26.4 Å². The van der Waals surface area contributed by atoms with Gasteiger partial charge in [-0.2, -0.15) is 0 Å². The largest absolute Gasteiger partial charge is 0.497 e. The summed E-state index contributed by atoms with van der Waals surface area (Å²) in [7, 11) is 3.06. The van der Waals surface area contributed by atoms with E-state index < -0.39 is 0 Å². The molecule has 0 bridgehead atoms. The van der Waals surface area contributed by atoms with Crippen LogP contribution in [-0.2, 0) is 0 Å². The topological polar surface area (TPSA) is 102 Å². The van der Waals surface area contributed by atoms with Crippen molar-refractivity contribution in [3.8, 4) is 11.5 Å². The minimum atomic E-state index is -0.387. The van der Waals surface area contributed by atoms with Crippen molar-refractivity contribution < 1.29 is 19.1 Å². The number of amides is 1. The number of Topliss-reactive ketones (excluding diaryl/α,β-unsaturated/α-hetero) is 1. The molecule has 8 heteroatoms. The van der Waals surface area contributed by atoms with Crippen LogP contribution in [0.2, 0.25) is 0 Å². The first-order valence-electron chi connectivity index (χ1n) is 8.73. The summed E-state index contributed by atoms with van der Waals surface area (Å²) in [5, 5.41) is 5.77. The summed E-state index contributed by atoms with van der Waals surface area (Å²) >= 11 is 0. The number of hydrogen-bond donors (Lipinski definition) is 2. The zero-order chi connectivity index (χ0) is 20.8. The monoisotopic (exact) mass is 392 g/mol. The lowest BCUT2D eigenvalue weighted by molar-refractivity contribution is 0.101. The van der Waals surface area contributed by atoms with Gasteiger partial charge in [0.25, 0.3) is 5.91 Å². The molecule has 3 aromatic rings. The van der Waals surface area contributed by atoms with E-state index in [0.717, 1.165) is 0 Å². The molecular weight excluding hydrogens is 372 g/mol. The average molecular weight is 392 g/mol. The Balaban J connectivity index is 1.72. The highest BCUT2D eigenvalue weighted by molar-refractivity contribution is 6.04. The Morgan fingerprint density at radius 2 is 1.69 bits per heavy atom. The third kappa shape index (κ3) is 4.86. The average Bonchev–Trinajstić information content (AvgIpc) is 2.74. The second kappa shape index (κ2) is 8.83. The Bertz CT molecular complexity index is 1040. The van der Waals surface area contributed by atoms with Crippen molar-refractivity contribution in [3.63, 3.8) is 0 Å². The minimum absolute atomic E-state index is 0.0328. The Labute approximate surface area is 167 Å². The van der Waals surface area contributed by atoms with Crippen LogP contribution in [0.4, 0.5) is 17.3 Å². The summed E-state index contributed by atoms with van der Waals surface area (Å²) < 4.78 is 10.4. The fraction of sp³-hybridized carbons (Fsp3) is 0.143. The van der Waals surface area contributed by atoms with E-state index in [2.05, 4.69) is 20.6 Å². The van der Waals surface area contributed by atoms with E-state index in [9.17, 15) is 9.59 Å². The lowest BCUT2D eigenvalue weighted by atomic mass is 10.1. The Kier molecular flexibility index (Phi) is 6.03. The van der Waals surface area contributed by atoms with Crippen LogP contribution in [0.1, 0.15) is 27.6 Å². The van der Waals surface area contributed by atoms with Crippen molar-refractivity contribution in [1.82, 2.24) is 9.97 Å². The fourth-order valence-corrected chi connectivity index (χ4v) is 2.56. The van der Waals surface area contributed by atoms with E-state index >= 15 is 0 Å². The number of nitrogens with one attached hydrogen (secondary N) is 2. The maximum atomic E-state index is 12.5.